The number of likely N-dealkylation sites (tertiary alicyclic amines) is 1. The van der Waals surface area contributed by atoms with Crippen LogP contribution in [0.4, 0.5) is 4.79 Å². The molecular formula is C18H28N3O2. The van der Waals surface area contributed by atoms with Crippen LogP contribution in [0.3, 0.4) is 0 Å². The number of ether oxygens (including phenoxy) is 1. The third kappa shape index (κ3) is 7.01. The smallest absolute Gasteiger partial charge is 0.315 e. The van der Waals surface area contributed by atoms with Gasteiger partial charge in [-0.1, -0.05) is 30.3 Å². The minimum absolute atomic E-state index is 0.00311. The molecule has 0 spiro atoms. The Morgan fingerprint density at radius 2 is 2.00 bits per heavy atom. The quantitative estimate of drug-likeness (QED) is 0.772. The fourth-order valence-electron chi connectivity index (χ4n) is 2.73. The van der Waals surface area contributed by atoms with Crippen LogP contribution in [0.2, 0.25) is 0 Å². The van der Waals surface area contributed by atoms with Gasteiger partial charge >= 0.3 is 6.03 Å². The molecule has 1 atom stereocenters. The topological polar surface area (TPSA) is 53.6 Å². The highest BCUT2D eigenvalue weighted by Crippen LogP contribution is 2.09. The van der Waals surface area contributed by atoms with E-state index in [0.29, 0.717) is 19.8 Å². The van der Waals surface area contributed by atoms with Crippen LogP contribution in [-0.2, 0) is 11.3 Å². The first-order valence-electron chi connectivity index (χ1n) is 8.48. The Balaban J connectivity index is 1.80. The molecule has 5 nitrogen and oxygen atoms in total. The van der Waals surface area contributed by atoms with Gasteiger partial charge in [-0.2, -0.15) is 0 Å². The van der Waals surface area contributed by atoms with E-state index in [9.17, 15) is 4.79 Å². The first-order valence-corrected chi connectivity index (χ1v) is 8.48. The Kier molecular flexibility index (Phi) is 7.90. The molecule has 1 unspecified atom stereocenters. The highest BCUT2D eigenvalue weighted by atomic mass is 16.5. The van der Waals surface area contributed by atoms with Gasteiger partial charge in [-0.3, -0.25) is 0 Å². The molecule has 1 aliphatic heterocycles. The van der Waals surface area contributed by atoms with E-state index in [1.54, 1.807) is 0 Å². The van der Waals surface area contributed by atoms with E-state index in [0.717, 1.165) is 38.0 Å². The third-order valence-electron chi connectivity index (χ3n) is 3.88. The van der Waals surface area contributed by atoms with Gasteiger partial charge in [0.25, 0.3) is 0 Å². The van der Waals surface area contributed by atoms with E-state index >= 15 is 0 Å². The van der Waals surface area contributed by atoms with Gasteiger partial charge < -0.3 is 20.3 Å². The van der Waals surface area contributed by atoms with Gasteiger partial charge in [0.1, 0.15) is 0 Å². The Labute approximate surface area is 139 Å². The van der Waals surface area contributed by atoms with Crippen LogP contribution in [0.15, 0.2) is 30.3 Å². The maximum atomic E-state index is 11.8. The van der Waals surface area contributed by atoms with Crippen molar-refractivity contribution in [3.8, 4) is 0 Å². The van der Waals surface area contributed by atoms with Crippen molar-refractivity contribution >= 4 is 6.03 Å². The van der Waals surface area contributed by atoms with Crippen molar-refractivity contribution in [3.05, 3.63) is 42.3 Å². The standard InChI is InChI=1S/C18H28N3O2/c1-2-19-18(22)20-17(13-21-11-7-4-8-12-21)15-23-14-16-9-5-3-6-10-16/h3-6,9-10,17H,2,7-8,11-15H2,1H3,(H2,19,20,22). The van der Waals surface area contributed by atoms with Gasteiger partial charge in [-0.15, -0.1) is 0 Å². The van der Waals surface area contributed by atoms with Gasteiger partial charge in [-0.05, 0) is 44.8 Å². The number of amides is 2. The predicted octanol–water partition coefficient (Wildman–Crippen LogP) is 2.19. The van der Waals surface area contributed by atoms with Crippen molar-refractivity contribution in [1.82, 2.24) is 15.5 Å². The molecule has 5 heteroatoms. The maximum absolute atomic E-state index is 11.8. The molecule has 0 bridgehead atoms. The molecule has 2 amide bonds. The average molecular weight is 318 g/mol. The molecule has 1 aliphatic rings. The van der Waals surface area contributed by atoms with Crippen LogP contribution >= 0.6 is 0 Å². The van der Waals surface area contributed by atoms with Gasteiger partial charge in [-0.25, -0.2) is 4.79 Å². The van der Waals surface area contributed by atoms with E-state index < -0.39 is 0 Å². The van der Waals surface area contributed by atoms with Crippen LogP contribution in [0.5, 0.6) is 0 Å². The Morgan fingerprint density at radius 1 is 1.26 bits per heavy atom. The number of carbonyl (C=O) groups excluding carboxylic acids is 1. The summed E-state index contributed by atoms with van der Waals surface area (Å²) in [7, 11) is 0. The Hall–Kier alpha value is -1.59. The van der Waals surface area contributed by atoms with E-state index in [4.69, 9.17) is 4.74 Å². The maximum Gasteiger partial charge on any atom is 0.315 e. The van der Waals surface area contributed by atoms with Crippen molar-refractivity contribution < 1.29 is 9.53 Å². The lowest BCUT2D eigenvalue weighted by atomic mass is 10.1. The molecule has 127 valence electrons. The van der Waals surface area contributed by atoms with Crippen molar-refractivity contribution in [3.63, 3.8) is 0 Å². The summed E-state index contributed by atoms with van der Waals surface area (Å²) in [5.41, 5.74) is 1.15. The number of nitrogens with one attached hydrogen (secondary N) is 2. The largest absolute Gasteiger partial charge is 0.375 e. The second-order valence-electron chi connectivity index (χ2n) is 5.87. The number of hydrogen-bond acceptors (Lipinski definition) is 3. The first kappa shape index (κ1) is 17.8. The summed E-state index contributed by atoms with van der Waals surface area (Å²) in [4.78, 5) is 14.2. The van der Waals surface area contributed by atoms with E-state index in [-0.39, 0.29) is 12.1 Å². The van der Waals surface area contributed by atoms with Crippen LogP contribution in [0.25, 0.3) is 0 Å². The summed E-state index contributed by atoms with van der Waals surface area (Å²) < 4.78 is 5.83. The van der Waals surface area contributed by atoms with E-state index in [2.05, 4.69) is 22.0 Å². The van der Waals surface area contributed by atoms with Crippen molar-refractivity contribution in [2.24, 2.45) is 0 Å². The fraction of sp³-hybridized carbons (Fsp3) is 0.556. The summed E-state index contributed by atoms with van der Waals surface area (Å²) >= 11 is 0. The van der Waals surface area contributed by atoms with Crippen LogP contribution in [-0.4, -0.2) is 49.8 Å². The summed E-state index contributed by atoms with van der Waals surface area (Å²) in [6, 6.07) is 9.99. The molecule has 0 saturated carbocycles. The molecule has 0 aromatic heterocycles. The zero-order valence-electron chi connectivity index (χ0n) is 14.0. The number of benzene rings is 1. The van der Waals surface area contributed by atoms with Crippen molar-refractivity contribution in [1.29, 1.82) is 0 Å². The number of hydrogen-bond donors (Lipinski definition) is 2. The summed E-state index contributed by atoms with van der Waals surface area (Å²) in [6.07, 6.45) is 4.58. The molecule has 2 N–H and O–H groups in total. The molecule has 1 aromatic rings. The normalized spacial score (nSPS) is 16.7. The number of piperidine rings is 1. The van der Waals surface area contributed by atoms with E-state index in [1.807, 2.05) is 37.3 Å². The minimum atomic E-state index is -0.121. The summed E-state index contributed by atoms with van der Waals surface area (Å²) in [5.74, 6) is 0. The molecule has 2 rings (SSSR count). The SMILES string of the molecule is CCNC(=O)NC(COCc1ccccc1)CN1CC[CH]CC1. The molecular weight excluding hydrogens is 290 g/mol. The lowest BCUT2D eigenvalue weighted by molar-refractivity contribution is 0.0853. The van der Waals surface area contributed by atoms with E-state index in [1.165, 1.54) is 0 Å². The van der Waals surface area contributed by atoms with Gasteiger partial charge in [0.2, 0.25) is 0 Å². The molecule has 1 heterocycles. The second kappa shape index (κ2) is 10.2. The zero-order valence-corrected chi connectivity index (χ0v) is 14.0. The minimum Gasteiger partial charge on any atom is -0.375 e. The highest BCUT2D eigenvalue weighted by Gasteiger charge is 2.18. The second-order valence-corrected chi connectivity index (χ2v) is 5.87. The van der Waals surface area contributed by atoms with Crippen molar-refractivity contribution in [2.45, 2.75) is 32.4 Å². The number of rotatable bonds is 8. The zero-order chi connectivity index (χ0) is 16.3. The molecule has 0 aliphatic carbocycles. The van der Waals surface area contributed by atoms with Gasteiger partial charge in [0.15, 0.2) is 0 Å². The monoisotopic (exact) mass is 318 g/mol. The highest BCUT2D eigenvalue weighted by molar-refractivity contribution is 5.74. The van der Waals surface area contributed by atoms with Crippen LogP contribution < -0.4 is 10.6 Å². The number of urea groups is 1. The molecule has 1 saturated heterocycles. The van der Waals surface area contributed by atoms with Crippen molar-refractivity contribution in [2.75, 3.05) is 32.8 Å². The lowest BCUT2D eigenvalue weighted by Gasteiger charge is -2.30. The van der Waals surface area contributed by atoms with Crippen LogP contribution in [0, 0.1) is 6.42 Å². The predicted molar refractivity (Wildman–Crippen MR) is 92.1 cm³/mol. The Morgan fingerprint density at radius 3 is 2.70 bits per heavy atom. The lowest BCUT2D eigenvalue weighted by Crippen LogP contribution is -2.50. The number of nitrogens with zero attached hydrogens (tertiary/aromatic N) is 1. The van der Waals surface area contributed by atoms with Gasteiger partial charge in [0, 0.05) is 13.1 Å². The molecule has 1 aromatic carbocycles. The average Bonchev–Trinajstić information content (AvgIpc) is 2.57. The summed E-state index contributed by atoms with van der Waals surface area (Å²) in [5, 5.41) is 5.82. The first-order chi connectivity index (χ1) is 11.3. The molecule has 1 radical (unpaired) electrons. The molecule has 23 heavy (non-hydrogen) atoms. The number of carbonyl (C=O) groups is 1. The van der Waals surface area contributed by atoms with Crippen LogP contribution in [0.1, 0.15) is 25.3 Å². The van der Waals surface area contributed by atoms with Gasteiger partial charge in [0.05, 0.1) is 19.3 Å². The fourth-order valence-corrected chi connectivity index (χ4v) is 2.73. The molecule has 1 fully saturated rings. The third-order valence-corrected chi connectivity index (χ3v) is 3.88. The Bertz CT molecular complexity index is 447. The summed E-state index contributed by atoms with van der Waals surface area (Å²) in [6.45, 7) is 6.59.